The molecule has 0 spiro atoms. The molecule has 1 aliphatic heterocycles. The molecule has 0 amide bonds. The van der Waals surface area contributed by atoms with Crippen LogP contribution >= 0.6 is 0 Å². The van der Waals surface area contributed by atoms with Crippen molar-refractivity contribution >= 4 is 0 Å². The molecule has 5 heteroatoms. The van der Waals surface area contributed by atoms with E-state index in [4.69, 9.17) is 18.9 Å². The lowest BCUT2D eigenvalue weighted by molar-refractivity contribution is 0.136. The molecular weight excluding hydrogens is 224 g/mol. The van der Waals surface area contributed by atoms with Gasteiger partial charge in [0.1, 0.15) is 12.2 Å². The second kappa shape index (κ2) is 4.81. The van der Waals surface area contributed by atoms with Crippen LogP contribution in [0.1, 0.15) is 11.7 Å². The molecule has 0 radical (unpaired) electrons. The minimum atomic E-state index is -0.663. The number of hydrogen-bond acceptors (Lipinski definition) is 5. The summed E-state index contributed by atoms with van der Waals surface area (Å²) < 4.78 is 20.7. The molecule has 1 aromatic carbocycles. The molecule has 1 heterocycles. The first-order valence-electron chi connectivity index (χ1n) is 5.30. The summed E-state index contributed by atoms with van der Waals surface area (Å²) in [6, 6.07) is 3.46. The maximum absolute atomic E-state index is 9.99. The maximum Gasteiger partial charge on any atom is 0.203 e. The summed E-state index contributed by atoms with van der Waals surface area (Å²) in [6.45, 7) is 0.581. The van der Waals surface area contributed by atoms with Crippen molar-refractivity contribution in [2.24, 2.45) is 0 Å². The second-order valence-electron chi connectivity index (χ2n) is 3.78. The van der Waals surface area contributed by atoms with E-state index in [-0.39, 0.29) is 6.10 Å². The van der Waals surface area contributed by atoms with Gasteiger partial charge in [-0.15, -0.1) is 0 Å². The van der Waals surface area contributed by atoms with Crippen molar-refractivity contribution in [1.82, 2.24) is 0 Å². The Bertz CT molecular complexity index is 375. The Kier molecular flexibility index (Phi) is 3.40. The van der Waals surface area contributed by atoms with E-state index in [0.29, 0.717) is 29.4 Å². The Morgan fingerprint density at radius 1 is 1.18 bits per heavy atom. The fourth-order valence-corrected chi connectivity index (χ4v) is 1.72. The summed E-state index contributed by atoms with van der Waals surface area (Å²) in [7, 11) is 4.63. The van der Waals surface area contributed by atoms with Crippen LogP contribution in [-0.4, -0.2) is 39.1 Å². The van der Waals surface area contributed by atoms with Gasteiger partial charge in [0, 0.05) is 0 Å². The Balaban J connectivity index is 2.40. The summed E-state index contributed by atoms with van der Waals surface area (Å²) in [5.41, 5.74) is 0.696. The molecule has 1 N–H and O–H groups in total. The quantitative estimate of drug-likeness (QED) is 0.782. The third-order valence-electron chi connectivity index (χ3n) is 2.74. The average Bonchev–Trinajstić information content (AvgIpc) is 3.20. The van der Waals surface area contributed by atoms with Crippen LogP contribution in [-0.2, 0) is 4.74 Å². The number of benzene rings is 1. The zero-order valence-corrected chi connectivity index (χ0v) is 10.1. The summed E-state index contributed by atoms with van der Waals surface area (Å²) >= 11 is 0. The molecule has 0 aliphatic carbocycles. The van der Waals surface area contributed by atoms with Gasteiger partial charge in [0.05, 0.1) is 27.9 Å². The molecule has 1 fully saturated rings. The number of aliphatic hydroxyl groups excluding tert-OH is 1. The van der Waals surface area contributed by atoms with E-state index in [1.807, 2.05) is 0 Å². The predicted molar refractivity (Wildman–Crippen MR) is 60.8 cm³/mol. The van der Waals surface area contributed by atoms with Crippen molar-refractivity contribution in [2.45, 2.75) is 12.2 Å². The van der Waals surface area contributed by atoms with Crippen LogP contribution in [0.4, 0.5) is 0 Å². The molecule has 0 aromatic heterocycles. The van der Waals surface area contributed by atoms with Crippen LogP contribution in [0.2, 0.25) is 0 Å². The van der Waals surface area contributed by atoms with Crippen LogP contribution in [0.25, 0.3) is 0 Å². The first-order valence-corrected chi connectivity index (χ1v) is 5.30. The lowest BCUT2D eigenvalue weighted by Gasteiger charge is -2.16. The number of methoxy groups -OCH3 is 3. The van der Waals surface area contributed by atoms with E-state index in [1.54, 1.807) is 33.5 Å². The molecule has 1 saturated heterocycles. The molecule has 2 rings (SSSR count). The van der Waals surface area contributed by atoms with E-state index in [9.17, 15) is 5.11 Å². The van der Waals surface area contributed by atoms with Crippen molar-refractivity contribution in [3.63, 3.8) is 0 Å². The van der Waals surface area contributed by atoms with Crippen LogP contribution in [0.3, 0.4) is 0 Å². The van der Waals surface area contributed by atoms with E-state index in [0.717, 1.165) is 0 Å². The first kappa shape index (κ1) is 12.0. The van der Waals surface area contributed by atoms with Gasteiger partial charge in [-0.1, -0.05) is 0 Å². The van der Waals surface area contributed by atoms with Crippen molar-refractivity contribution in [2.75, 3.05) is 27.9 Å². The number of aliphatic hydroxyl groups is 1. The number of rotatable bonds is 5. The fourth-order valence-electron chi connectivity index (χ4n) is 1.72. The third-order valence-corrected chi connectivity index (χ3v) is 2.74. The Hall–Kier alpha value is -1.46. The maximum atomic E-state index is 9.99. The number of epoxide rings is 1. The zero-order valence-electron chi connectivity index (χ0n) is 10.1. The van der Waals surface area contributed by atoms with Gasteiger partial charge in [-0.3, -0.25) is 0 Å². The fraction of sp³-hybridized carbons (Fsp3) is 0.500. The van der Waals surface area contributed by atoms with Crippen molar-refractivity contribution in [3.8, 4) is 17.2 Å². The van der Waals surface area contributed by atoms with Crippen LogP contribution in [0.5, 0.6) is 17.2 Å². The Morgan fingerprint density at radius 2 is 1.71 bits per heavy atom. The normalized spacial score (nSPS) is 19.6. The summed E-state index contributed by atoms with van der Waals surface area (Å²) in [6.07, 6.45) is -0.790. The molecule has 5 nitrogen and oxygen atoms in total. The van der Waals surface area contributed by atoms with Gasteiger partial charge < -0.3 is 24.1 Å². The molecule has 1 aromatic rings. The highest BCUT2D eigenvalue weighted by Gasteiger charge is 2.33. The van der Waals surface area contributed by atoms with Gasteiger partial charge in [0.25, 0.3) is 0 Å². The first-order chi connectivity index (χ1) is 8.21. The molecule has 2 atom stereocenters. The van der Waals surface area contributed by atoms with Gasteiger partial charge in [0.15, 0.2) is 11.5 Å². The summed E-state index contributed by atoms with van der Waals surface area (Å²) in [5, 5.41) is 9.99. The molecule has 2 unspecified atom stereocenters. The van der Waals surface area contributed by atoms with Gasteiger partial charge in [-0.2, -0.15) is 0 Å². The predicted octanol–water partition coefficient (Wildman–Crippen LogP) is 1.14. The Morgan fingerprint density at radius 3 is 2.06 bits per heavy atom. The number of hydrogen-bond donors (Lipinski definition) is 1. The SMILES string of the molecule is COc1cc(C(O)C2CO2)cc(OC)c1OC. The third kappa shape index (κ3) is 2.30. The molecule has 17 heavy (non-hydrogen) atoms. The average molecular weight is 240 g/mol. The van der Waals surface area contributed by atoms with E-state index in [1.165, 1.54) is 0 Å². The molecule has 0 bridgehead atoms. The zero-order chi connectivity index (χ0) is 12.4. The molecule has 0 saturated carbocycles. The van der Waals surface area contributed by atoms with E-state index in [2.05, 4.69) is 0 Å². The van der Waals surface area contributed by atoms with E-state index >= 15 is 0 Å². The Labute approximate surface area is 99.9 Å². The van der Waals surface area contributed by atoms with Crippen molar-refractivity contribution in [3.05, 3.63) is 17.7 Å². The van der Waals surface area contributed by atoms with Crippen LogP contribution in [0, 0.1) is 0 Å². The number of ether oxygens (including phenoxy) is 4. The largest absolute Gasteiger partial charge is 0.493 e. The standard InChI is InChI=1S/C12H16O5/c1-14-8-4-7(11(13)10-6-17-10)5-9(15-2)12(8)16-3/h4-5,10-11,13H,6H2,1-3H3. The van der Waals surface area contributed by atoms with E-state index < -0.39 is 6.10 Å². The second-order valence-corrected chi connectivity index (χ2v) is 3.78. The smallest absolute Gasteiger partial charge is 0.203 e. The van der Waals surface area contributed by atoms with Gasteiger partial charge in [-0.25, -0.2) is 0 Å². The lowest BCUT2D eigenvalue weighted by Crippen LogP contribution is -2.06. The topological polar surface area (TPSA) is 60.5 Å². The highest BCUT2D eigenvalue weighted by atomic mass is 16.6. The van der Waals surface area contributed by atoms with Crippen LogP contribution < -0.4 is 14.2 Å². The molecule has 1 aliphatic rings. The van der Waals surface area contributed by atoms with Crippen molar-refractivity contribution < 1.29 is 24.1 Å². The minimum Gasteiger partial charge on any atom is -0.493 e. The van der Waals surface area contributed by atoms with Crippen molar-refractivity contribution in [1.29, 1.82) is 0 Å². The van der Waals surface area contributed by atoms with Gasteiger partial charge in [0.2, 0.25) is 5.75 Å². The minimum absolute atomic E-state index is 0.127. The van der Waals surface area contributed by atoms with Gasteiger partial charge >= 0.3 is 0 Å². The highest BCUT2D eigenvalue weighted by Crippen LogP contribution is 2.41. The summed E-state index contributed by atoms with van der Waals surface area (Å²) in [5.74, 6) is 1.57. The molecular formula is C12H16O5. The molecule has 94 valence electrons. The lowest BCUT2D eigenvalue weighted by atomic mass is 10.1. The summed E-state index contributed by atoms with van der Waals surface area (Å²) in [4.78, 5) is 0. The monoisotopic (exact) mass is 240 g/mol. The highest BCUT2D eigenvalue weighted by molar-refractivity contribution is 5.54. The van der Waals surface area contributed by atoms with Gasteiger partial charge in [-0.05, 0) is 17.7 Å². The van der Waals surface area contributed by atoms with Crippen LogP contribution in [0.15, 0.2) is 12.1 Å².